The predicted octanol–water partition coefficient (Wildman–Crippen LogP) is 11.2. The SMILES string of the molecule is c1ccc(-c2nc(-c3ccccc3)nc(-c3cccc4c3ccc3ccc5c6cccc(-c7ccccc7)c6sc5c34)n2)cc1. The molecular weight excluding hydrogens is 567 g/mol. The first kappa shape index (κ1) is 25.8. The molecule has 0 saturated heterocycles. The first-order chi connectivity index (χ1) is 22.3. The van der Waals surface area contributed by atoms with E-state index in [-0.39, 0.29) is 0 Å². The van der Waals surface area contributed by atoms with E-state index >= 15 is 0 Å². The zero-order valence-corrected chi connectivity index (χ0v) is 25.0. The topological polar surface area (TPSA) is 38.7 Å². The van der Waals surface area contributed by atoms with Gasteiger partial charge in [-0.15, -0.1) is 11.3 Å². The predicted molar refractivity (Wildman–Crippen MR) is 189 cm³/mol. The molecule has 0 spiro atoms. The zero-order chi connectivity index (χ0) is 29.7. The van der Waals surface area contributed by atoms with Gasteiger partial charge >= 0.3 is 0 Å². The van der Waals surface area contributed by atoms with Crippen molar-refractivity contribution in [2.75, 3.05) is 0 Å². The first-order valence-electron chi connectivity index (χ1n) is 15.0. The Balaban J connectivity index is 1.31. The molecule has 7 aromatic carbocycles. The second-order valence-corrected chi connectivity index (χ2v) is 12.2. The Morgan fingerprint density at radius 2 is 0.844 bits per heavy atom. The minimum absolute atomic E-state index is 0.664. The van der Waals surface area contributed by atoms with Crippen molar-refractivity contribution in [3.63, 3.8) is 0 Å². The molecule has 0 amide bonds. The number of rotatable bonds is 4. The summed E-state index contributed by atoms with van der Waals surface area (Å²) in [6, 6.07) is 53.1. The molecule has 0 bridgehead atoms. The van der Waals surface area contributed by atoms with Crippen LogP contribution in [0.5, 0.6) is 0 Å². The summed E-state index contributed by atoms with van der Waals surface area (Å²) in [4.78, 5) is 15.0. The number of hydrogen-bond donors (Lipinski definition) is 0. The molecule has 2 heterocycles. The van der Waals surface area contributed by atoms with Crippen molar-refractivity contribution in [3.05, 3.63) is 152 Å². The molecule has 210 valence electrons. The molecule has 0 radical (unpaired) electrons. The highest BCUT2D eigenvalue weighted by molar-refractivity contribution is 7.27. The van der Waals surface area contributed by atoms with Crippen molar-refractivity contribution in [2.24, 2.45) is 0 Å². The van der Waals surface area contributed by atoms with Crippen LogP contribution in [-0.2, 0) is 0 Å². The monoisotopic (exact) mass is 591 g/mol. The Kier molecular flexibility index (Phi) is 6.00. The van der Waals surface area contributed by atoms with Gasteiger partial charge in [-0.2, -0.15) is 0 Å². The summed E-state index contributed by atoms with van der Waals surface area (Å²) in [6.07, 6.45) is 0. The number of benzene rings is 7. The van der Waals surface area contributed by atoms with E-state index in [9.17, 15) is 0 Å². The number of fused-ring (bicyclic) bond motifs is 7. The van der Waals surface area contributed by atoms with E-state index in [1.807, 2.05) is 72.0 Å². The molecule has 0 aliphatic heterocycles. The fourth-order valence-corrected chi connectivity index (χ4v) is 7.80. The van der Waals surface area contributed by atoms with Crippen LogP contribution in [0.1, 0.15) is 0 Å². The maximum absolute atomic E-state index is 5.05. The molecule has 45 heavy (non-hydrogen) atoms. The largest absolute Gasteiger partial charge is 0.208 e. The molecule has 0 unspecified atom stereocenters. The van der Waals surface area contributed by atoms with Crippen molar-refractivity contribution in [3.8, 4) is 45.3 Å². The van der Waals surface area contributed by atoms with Crippen molar-refractivity contribution < 1.29 is 0 Å². The second-order valence-electron chi connectivity index (χ2n) is 11.2. The van der Waals surface area contributed by atoms with Crippen LogP contribution in [0.4, 0.5) is 0 Å². The Morgan fingerprint density at radius 3 is 1.49 bits per heavy atom. The van der Waals surface area contributed by atoms with Crippen LogP contribution < -0.4 is 0 Å². The maximum atomic E-state index is 5.05. The number of thiophene rings is 1. The quantitative estimate of drug-likeness (QED) is 0.191. The molecular formula is C41H25N3S. The van der Waals surface area contributed by atoms with Gasteiger partial charge < -0.3 is 0 Å². The van der Waals surface area contributed by atoms with Gasteiger partial charge in [0.2, 0.25) is 0 Å². The zero-order valence-electron chi connectivity index (χ0n) is 24.2. The third-order valence-corrected chi connectivity index (χ3v) is 9.80. The molecule has 0 aliphatic carbocycles. The van der Waals surface area contributed by atoms with Crippen LogP contribution in [0.2, 0.25) is 0 Å². The number of nitrogens with zero attached hydrogens (tertiary/aromatic N) is 3. The Bertz CT molecular complexity index is 2460. The van der Waals surface area contributed by atoms with Crippen molar-refractivity contribution >= 4 is 53.1 Å². The molecule has 0 fully saturated rings. The summed E-state index contributed by atoms with van der Waals surface area (Å²) in [5.41, 5.74) is 5.43. The van der Waals surface area contributed by atoms with E-state index in [2.05, 4.69) is 91.0 Å². The highest BCUT2D eigenvalue weighted by atomic mass is 32.1. The Morgan fingerprint density at radius 1 is 0.333 bits per heavy atom. The second kappa shape index (κ2) is 10.5. The van der Waals surface area contributed by atoms with Gasteiger partial charge in [0.15, 0.2) is 17.5 Å². The normalized spacial score (nSPS) is 11.6. The standard InChI is InChI=1S/C41H25N3S/c1-4-12-26(13-5-1)30-18-10-20-33-34-25-23-27-22-24-31-32(36(27)38(34)45-37(30)33)19-11-21-35(31)41-43-39(28-14-6-2-7-15-28)42-40(44-41)29-16-8-3-9-17-29/h1-25H. The highest BCUT2D eigenvalue weighted by Crippen LogP contribution is 2.45. The Hall–Kier alpha value is -5.71. The summed E-state index contributed by atoms with van der Waals surface area (Å²) < 4.78 is 2.62. The lowest BCUT2D eigenvalue weighted by Crippen LogP contribution is -2.00. The van der Waals surface area contributed by atoms with E-state index in [1.165, 1.54) is 47.5 Å². The van der Waals surface area contributed by atoms with Crippen molar-refractivity contribution in [1.29, 1.82) is 0 Å². The summed E-state index contributed by atoms with van der Waals surface area (Å²) in [7, 11) is 0. The summed E-state index contributed by atoms with van der Waals surface area (Å²) in [5, 5.41) is 7.41. The molecule has 0 atom stereocenters. The molecule has 0 saturated carbocycles. The van der Waals surface area contributed by atoms with E-state index in [0.717, 1.165) is 22.1 Å². The molecule has 0 aliphatic rings. The Labute approximate surface area is 264 Å². The van der Waals surface area contributed by atoms with E-state index in [1.54, 1.807) is 0 Å². The lowest BCUT2D eigenvalue weighted by Gasteiger charge is -2.12. The fourth-order valence-electron chi connectivity index (χ4n) is 6.40. The average molecular weight is 592 g/mol. The third-order valence-electron chi connectivity index (χ3n) is 8.53. The molecule has 2 aromatic heterocycles. The molecule has 9 rings (SSSR count). The number of hydrogen-bond acceptors (Lipinski definition) is 4. The highest BCUT2D eigenvalue weighted by Gasteiger charge is 2.17. The molecule has 0 N–H and O–H groups in total. The van der Waals surface area contributed by atoms with Crippen LogP contribution in [0, 0.1) is 0 Å². The van der Waals surface area contributed by atoms with Gasteiger partial charge in [0, 0.05) is 42.2 Å². The van der Waals surface area contributed by atoms with Crippen LogP contribution >= 0.6 is 11.3 Å². The lowest BCUT2D eigenvalue weighted by molar-refractivity contribution is 1.08. The summed E-state index contributed by atoms with van der Waals surface area (Å²) in [5.74, 6) is 2.00. The van der Waals surface area contributed by atoms with E-state index in [0.29, 0.717) is 17.5 Å². The van der Waals surface area contributed by atoms with Gasteiger partial charge in [-0.1, -0.05) is 152 Å². The van der Waals surface area contributed by atoms with Gasteiger partial charge in [0.05, 0.1) is 0 Å². The van der Waals surface area contributed by atoms with Crippen LogP contribution in [0.25, 0.3) is 87.0 Å². The van der Waals surface area contributed by atoms with Gasteiger partial charge in [0.25, 0.3) is 0 Å². The smallest absolute Gasteiger partial charge is 0.164 e. The fraction of sp³-hybridized carbons (Fsp3) is 0. The van der Waals surface area contributed by atoms with Gasteiger partial charge in [-0.3, -0.25) is 0 Å². The maximum Gasteiger partial charge on any atom is 0.164 e. The van der Waals surface area contributed by atoms with Crippen molar-refractivity contribution in [2.45, 2.75) is 0 Å². The van der Waals surface area contributed by atoms with Gasteiger partial charge in [-0.05, 0) is 27.3 Å². The molecule has 4 heteroatoms. The number of aromatic nitrogens is 3. The van der Waals surface area contributed by atoms with Crippen LogP contribution in [-0.4, -0.2) is 15.0 Å². The summed E-state index contributed by atoms with van der Waals surface area (Å²) in [6.45, 7) is 0. The third kappa shape index (κ3) is 4.30. The van der Waals surface area contributed by atoms with Gasteiger partial charge in [-0.25, -0.2) is 15.0 Å². The molecule has 9 aromatic rings. The molecule has 3 nitrogen and oxygen atoms in total. The lowest BCUT2D eigenvalue weighted by atomic mass is 9.96. The van der Waals surface area contributed by atoms with E-state index < -0.39 is 0 Å². The van der Waals surface area contributed by atoms with E-state index in [4.69, 9.17) is 15.0 Å². The van der Waals surface area contributed by atoms with Crippen LogP contribution in [0.15, 0.2) is 152 Å². The first-order valence-corrected chi connectivity index (χ1v) is 15.9. The van der Waals surface area contributed by atoms with Gasteiger partial charge in [0.1, 0.15) is 0 Å². The van der Waals surface area contributed by atoms with Crippen LogP contribution in [0.3, 0.4) is 0 Å². The average Bonchev–Trinajstić information content (AvgIpc) is 3.51. The minimum atomic E-state index is 0.664. The summed E-state index contributed by atoms with van der Waals surface area (Å²) >= 11 is 1.89. The van der Waals surface area contributed by atoms with Crippen molar-refractivity contribution in [1.82, 2.24) is 15.0 Å². The minimum Gasteiger partial charge on any atom is -0.208 e.